The Morgan fingerprint density at radius 3 is 2.22 bits per heavy atom. The fourth-order valence-electron chi connectivity index (χ4n) is 1.46. The largest absolute Gasteiger partial charge is 0.481 e. The number of nitrogens with zero attached hydrogens (tertiary/aromatic N) is 1. The van der Waals surface area contributed by atoms with Gasteiger partial charge < -0.3 is 20.6 Å². The highest BCUT2D eigenvalue weighted by atomic mass is 16.4. The third-order valence-electron chi connectivity index (χ3n) is 3.11. The van der Waals surface area contributed by atoms with Crippen LogP contribution in [0.15, 0.2) is 0 Å². The third-order valence-corrected chi connectivity index (χ3v) is 3.11. The van der Waals surface area contributed by atoms with Gasteiger partial charge in [-0.15, -0.1) is 0 Å². The minimum atomic E-state index is -0.911. The molecule has 0 bridgehead atoms. The summed E-state index contributed by atoms with van der Waals surface area (Å²) in [6, 6.07) is -0.710. The molecule has 6 heteroatoms. The molecule has 2 unspecified atom stereocenters. The van der Waals surface area contributed by atoms with E-state index >= 15 is 0 Å². The van der Waals surface area contributed by atoms with E-state index < -0.39 is 17.9 Å². The summed E-state index contributed by atoms with van der Waals surface area (Å²) in [7, 11) is 0. The van der Waals surface area contributed by atoms with Gasteiger partial charge in [0, 0.05) is 19.1 Å². The Kier molecular flexibility index (Phi) is 8.11. The standard InChI is InChI=1S/C12H25N3O3/c1-5-15(6-2)8-7-13-12(18)14-10(4)9(3)11(16)17/h9-10H,5-8H2,1-4H3,(H,16,17)(H2,13,14,18). The molecule has 18 heavy (non-hydrogen) atoms. The number of likely N-dealkylation sites (N-methyl/N-ethyl adjacent to an activating group) is 1. The molecule has 0 heterocycles. The first-order valence-electron chi connectivity index (χ1n) is 6.41. The summed E-state index contributed by atoms with van der Waals surface area (Å²) in [5.41, 5.74) is 0. The van der Waals surface area contributed by atoms with Crippen LogP contribution in [0.2, 0.25) is 0 Å². The molecule has 6 nitrogen and oxygen atoms in total. The first kappa shape index (κ1) is 16.7. The van der Waals surface area contributed by atoms with Gasteiger partial charge in [0.1, 0.15) is 0 Å². The number of hydrogen-bond acceptors (Lipinski definition) is 3. The maximum atomic E-state index is 11.5. The molecule has 0 aromatic carbocycles. The quantitative estimate of drug-likeness (QED) is 0.600. The average Bonchev–Trinajstić information content (AvgIpc) is 2.33. The van der Waals surface area contributed by atoms with Crippen LogP contribution in [0, 0.1) is 5.92 Å². The van der Waals surface area contributed by atoms with Crippen LogP contribution in [0.3, 0.4) is 0 Å². The fraction of sp³-hybridized carbons (Fsp3) is 0.833. The van der Waals surface area contributed by atoms with E-state index in [1.807, 2.05) is 0 Å². The van der Waals surface area contributed by atoms with Gasteiger partial charge in [-0.2, -0.15) is 0 Å². The summed E-state index contributed by atoms with van der Waals surface area (Å²) in [5.74, 6) is -1.51. The van der Waals surface area contributed by atoms with Gasteiger partial charge in [0.25, 0.3) is 0 Å². The van der Waals surface area contributed by atoms with Crippen LogP contribution >= 0.6 is 0 Å². The maximum Gasteiger partial charge on any atom is 0.315 e. The van der Waals surface area contributed by atoms with Crippen molar-refractivity contribution in [1.82, 2.24) is 15.5 Å². The highest BCUT2D eigenvalue weighted by Crippen LogP contribution is 2.01. The van der Waals surface area contributed by atoms with Crippen molar-refractivity contribution in [2.24, 2.45) is 5.92 Å². The highest BCUT2D eigenvalue weighted by Gasteiger charge is 2.20. The third kappa shape index (κ3) is 6.44. The Hall–Kier alpha value is -1.30. The Labute approximate surface area is 109 Å². The second-order valence-corrected chi connectivity index (χ2v) is 4.34. The molecule has 0 saturated carbocycles. The van der Waals surface area contributed by atoms with Crippen LogP contribution in [-0.4, -0.2) is 54.2 Å². The smallest absolute Gasteiger partial charge is 0.315 e. The van der Waals surface area contributed by atoms with Crippen molar-refractivity contribution >= 4 is 12.0 Å². The Balaban J connectivity index is 3.87. The number of hydrogen-bond donors (Lipinski definition) is 3. The van der Waals surface area contributed by atoms with Crippen molar-refractivity contribution in [2.45, 2.75) is 33.7 Å². The molecule has 0 aromatic heterocycles. The lowest BCUT2D eigenvalue weighted by Crippen LogP contribution is -2.46. The van der Waals surface area contributed by atoms with Crippen molar-refractivity contribution in [1.29, 1.82) is 0 Å². The first-order chi connectivity index (χ1) is 8.42. The monoisotopic (exact) mass is 259 g/mol. The van der Waals surface area contributed by atoms with E-state index in [-0.39, 0.29) is 6.03 Å². The van der Waals surface area contributed by atoms with Crippen LogP contribution in [0.25, 0.3) is 0 Å². The van der Waals surface area contributed by atoms with Gasteiger partial charge in [0.15, 0.2) is 0 Å². The van der Waals surface area contributed by atoms with Crippen LogP contribution in [0.4, 0.5) is 4.79 Å². The normalized spacial score (nSPS) is 14.1. The molecule has 0 aromatic rings. The molecule has 0 aliphatic rings. The molecule has 106 valence electrons. The molecular weight excluding hydrogens is 234 g/mol. The number of rotatable bonds is 8. The van der Waals surface area contributed by atoms with Crippen molar-refractivity contribution < 1.29 is 14.7 Å². The molecule has 2 atom stereocenters. The predicted molar refractivity (Wildman–Crippen MR) is 70.6 cm³/mol. The van der Waals surface area contributed by atoms with Crippen LogP contribution in [0.5, 0.6) is 0 Å². The predicted octanol–water partition coefficient (Wildman–Crippen LogP) is 0.737. The van der Waals surface area contributed by atoms with E-state index in [1.165, 1.54) is 0 Å². The minimum Gasteiger partial charge on any atom is -0.481 e. The number of carboxylic acids is 1. The zero-order valence-corrected chi connectivity index (χ0v) is 11.7. The number of nitrogens with one attached hydrogen (secondary N) is 2. The lowest BCUT2D eigenvalue weighted by Gasteiger charge is -2.20. The second-order valence-electron chi connectivity index (χ2n) is 4.34. The first-order valence-corrected chi connectivity index (χ1v) is 6.41. The lowest BCUT2D eigenvalue weighted by atomic mass is 10.0. The fourth-order valence-corrected chi connectivity index (χ4v) is 1.46. The van der Waals surface area contributed by atoms with Gasteiger partial charge in [-0.25, -0.2) is 4.79 Å². The maximum absolute atomic E-state index is 11.5. The van der Waals surface area contributed by atoms with Crippen molar-refractivity contribution in [3.8, 4) is 0 Å². The number of carbonyl (C=O) groups is 2. The molecule has 0 fully saturated rings. The molecule has 0 rings (SSSR count). The Bertz CT molecular complexity index is 267. The molecular formula is C12H25N3O3. The highest BCUT2D eigenvalue weighted by molar-refractivity contribution is 5.76. The molecule has 0 aliphatic heterocycles. The van der Waals surface area contributed by atoms with E-state index in [9.17, 15) is 9.59 Å². The number of urea groups is 1. The molecule has 0 spiro atoms. The minimum absolute atomic E-state index is 0.317. The second kappa shape index (κ2) is 8.74. The van der Waals surface area contributed by atoms with E-state index in [4.69, 9.17) is 5.11 Å². The Morgan fingerprint density at radius 1 is 1.22 bits per heavy atom. The molecule has 0 saturated heterocycles. The van der Waals surface area contributed by atoms with E-state index in [2.05, 4.69) is 29.4 Å². The zero-order chi connectivity index (χ0) is 14.1. The Morgan fingerprint density at radius 2 is 1.78 bits per heavy atom. The SMILES string of the molecule is CCN(CC)CCNC(=O)NC(C)C(C)C(=O)O. The summed E-state index contributed by atoms with van der Waals surface area (Å²) in [6.45, 7) is 10.6. The van der Waals surface area contributed by atoms with Gasteiger partial charge in [0.2, 0.25) is 0 Å². The van der Waals surface area contributed by atoms with Crippen molar-refractivity contribution in [3.63, 3.8) is 0 Å². The molecule has 0 radical (unpaired) electrons. The van der Waals surface area contributed by atoms with Crippen molar-refractivity contribution in [2.75, 3.05) is 26.2 Å². The van der Waals surface area contributed by atoms with E-state index in [0.717, 1.165) is 19.6 Å². The van der Waals surface area contributed by atoms with Gasteiger partial charge in [0.05, 0.1) is 5.92 Å². The summed E-state index contributed by atoms with van der Waals surface area (Å²) >= 11 is 0. The molecule has 3 N–H and O–H groups in total. The van der Waals surface area contributed by atoms with Gasteiger partial charge in [-0.3, -0.25) is 4.79 Å². The number of amides is 2. The van der Waals surface area contributed by atoms with Gasteiger partial charge in [-0.1, -0.05) is 13.8 Å². The van der Waals surface area contributed by atoms with Gasteiger partial charge in [-0.05, 0) is 26.9 Å². The van der Waals surface area contributed by atoms with E-state index in [1.54, 1.807) is 13.8 Å². The number of carbonyl (C=O) groups excluding carboxylic acids is 1. The topological polar surface area (TPSA) is 81.7 Å². The summed E-state index contributed by atoms with van der Waals surface area (Å²) < 4.78 is 0. The lowest BCUT2D eigenvalue weighted by molar-refractivity contribution is -0.141. The zero-order valence-electron chi connectivity index (χ0n) is 11.7. The van der Waals surface area contributed by atoms with Crippen LogP contribution < -0.4 is 10.6 Å². The summed E-state index contributed by atoms with van der Waals surface area (Å²) in [6.07, 6.45) is 0. The molecule has 2 amide bonds. The van der Waals surface area contributed by atoms with Gasteiger partial charge >= 0.3 is 12.0 Å². The number of aliphatic carboxylic acids is 1. The summed E-state index contributed by atoms with van der Waals surface area (Å²) in [5, 5.41) is 14.1. The summed E-state index contributed by atoms with van der Waals surface area (Å²) in [4.78, 5) is 24.4. The van der Waals surface area contributed by atoms with Crippen LogP contribution in [-0.2, 0) is 4.79 Å². The number of carboxylic acid groups (broad SMARTS) is 1. The average molecular weight is 259 g/mol. The van der Waals surface area contributed by atoms with E-state index in [0.29, 0.717) is 6.54 Å². The van der Waals surface area contributed by atoms with Crippen molar-refractivity contribution in [3.05, 3.63) is 0 Å². The van der Waals surface area contributed by atoms with Crippen LogP contribution in [0.1, 0.15) is 27.7 Å². The molecule has 0 aliphatic carbocycles.